The predicted octanol–water partition coefficient (Wildman–Crippen LogP) is 2.72. The molecule has 2 saturated heterocycles. The molecule has 7 nitrogen and oxygen atoms in total. The van der Waals surface area contributed by atoms with Crippen molar-refractivity contribution in [2.75, 3.05) is 24.5 Å². The molecule has 1 N–H and O–H groups in total. The maximum Gasteiger partial charge on any atom is 0.228 e. The molecule has 0 unspecified atom stereocenters. The van der Waals surface area contributed by atoms with Crippen molar-refractivity contribution in [1.82, 2.24) is 14.5 Å². The van der Waals surface area contributed by atoms with Gasteiger partial charge in [0.25, 0.3) is 0 Å². The minimum absolute atomic E-state index is 0.00977. The summed E-state index contributed by atoms with van der Waals surface area (Å²) in [7, 11) is 0. The van der Waals surface area contributed by atoms with Crippen LogP contribution in [0.5, 0.6) is 0 Å². The molecule has 2 aliphatic heterocycles. The molecular weight excluding hydrogens is 392 g/mol. The van der Waals surface area contributed by atoms with Crippen molar-refractivity contribution in [3.8, 4) is 0 Å². The smallest absolute Gasteiger partial charge is 0.228 e. The Balaban J connectivity index is 1.39. The third-order valence-electron chi connectivity index (χ3n) is 6.72. The standard InChI is InChI=1S/C24H32N4O3/c1-17(2)20-6-4-5-7-21(20)28-15-19(14-22(28)29)23(30)26-11-8-24(31,9-12-26)16-27-13-10-25-18(27)3/h4-7,10,13,17,19,31H,8-9,11-12,14-16H2,1-3H3/t19-/m1/s1. The van der Waals surface area contributed by atoms with E-state index in [-0.39, 0.29) is 24.2 Å². The quantitative estimate of drug-likeness (QED) is 0.801. The number of anilines is 1. The number of amides is 2. The maximum absolute atomic E-state index is 13.2. The zero-order valence-electron chi connectivity index (χ0n) is 18.6. The monoisotopic (exact) mass is 424 g/mol. The second kappa shape index (κ2) is 8.46. The van der Waals surface area contributed by atoms with E-state index in [1.54, 1.807) is 11.1 Å². The Labute approximate surface area is 183 Å². The van der Waals surface area contributed by atoms with E-state index < -0.39 is 5.60 Å². The Morgan fingerprint density at radius 3 is 2.61 bits per heavy atom. The van der Waals surface area contributed by atoms with Crippen molar-refractivity contribution >= 4 is 17.5 Å². The molecule has 4 rings (SSSR count). The number of aryl methyl sites for hydroxylation is 1. The number of para-hydroxylation sites is 1. The molecule has 2 aromatic rings. The average molecular weight is 425 g/mol. The van der Waals surface area contributed by atoms with Crippen LogP contribution in [0.4, 0.5) is 5.69 Å². The molecule has 3 heterocycles. The van der Waals surface area contributed by atoms with Gasteiger partial charge in [0.05, 0.1) is 18.1 Å². The number of imidazole rings is 1. The van der Waals surface area contributed by atoms with Crippen LogP contribution in [0.1, 0.15) is 50.4 Å². The van der Waals surface area contributed by atoms with Crippen molar-refractivity contribution in [2.24, 2.45) is 5.92 Å². The molecule has 2 amide bonds. The van der Waals surface area contributed by atoms with E-state index in [2.05, 4.69) is 24.9 Å². The molecule has 2 fully saturated rings. The van der Waals surface area contributed by atoms with E-state index in [9.17, 15) is 14.7 Å². The van der Waals surface area contributed by atoms with E-state index in [0.717, 1.165) is 17.1 Å². The van der Waals surface area contributed by atoms with Gasteiger partial charge in [0.15, 0.2) is 0 Å². The number of carbonyl (C=O) groups excluding carboxylic acids is 2. The summed E-state index contributed by atoms with van der Waals surface area (Å²) in [6, 6.07) is 7.95. The summed E-state index contributed by atoms with van der Waals surface area (Å²) in [4.78, 5) is 33.8. The molecule has 0 saturated carbocycles. The van der Waals surface area contributed by atoms with Crippen molar-refractivity contribution in [2.45, 2.75) is 58.1 Å². The van der Waals surface area contributed by atoms with Crippen LogP contribution in [-0.4, -0.2) is 56.6 Å². The van der Waals surface area contributed by atoms with Gasteiger partial charge in [-0.3, -0.25) is 9.59 Å². The highest BCUT2D eigenvalue weighted by Crippen LogP contribution is 2.33. The molecule has 0 spiro atoms. The number of nitrogens with zero attached hydrogens (tertiary/aromatic N) is 4. The predicted molar refractivity (Wildman–Crippen MR) is 119 cm³/mol. The zero-order chi connectivity index (χ0) is 22.2. The van der Waals surface area contributed by atoms with Gasteiger partial charge >= 0.3 is 0 Å². The minimum Gasteiger partial charge on any atom is -0.388 e. The molecular formula is C24H32N4O3. The summed E-state index contributed by atoms with van der Waals surface area (Å²) in [6.45, 7) is 8.08. The number of carbonyl (C=O) groups is 2. The van der Waals surface area contributed by atoms with Gasteiger partial charge in [0.2, 0.25) is 11.8 Å². The number of hydrogen-bond donors (Lipinski definition) is 1. The Hall–Kier alpha value is -2.67. The molecule has 1 atom stereocenters. The Kier molecular flexibility index (Phi) is 5.88. The lowest BCUT2D eigenvalue weighted by Crippen LogP contribution is -2.50. The number of hydrogen-bond acceptors (Lipinski definition) is 4. The Morgan fingerprint density at radius 2 is 1.97 bits per heavy atom. The fourth-order valence-corrected chi connectivity index (χ4v) is 4.77. The van der Waals surface area contributed by atoms with Crippen molar-refractivity contribution in [3.05, 3.63) is 48.0 Å². The van der Waals surface area contributed by atoms with Crippen LogP contribution in [0.15, 0.2) is 36.7 Å². The van der Waals surface area contributed by atoms with Crippen molar-refractivity contribution in [1.29, 1.82) is 0 Å². The first-order valence-electron chi connectivity index (χ1n) is 11.2. The molecule has 0 radical (unpaired) electrons. The van der Waals surface area contributed by atoms with Crippen molar-refractivity contribution in [3.63, 3.8) is 0 Å². The first-order valence-corrected chi connectivity index (χ1v) is 11.2. The summed E-state index contributed by atoms with van der Waals surface area (Å²) in [5.74, 6) is 0.889. The fourth-order valence-electron chi connectivity index (χ4n) is 4.77. The van der Waals surface area contributed by atoms with Gasteiger partial charge in [0.1, 0.15) is 5.82 Å². The normalized spacial score (nSPS) is 21.2. The van der Waals surface area contributed by atoms with Crippen LogP contribution >= 0.6 is 0 Å². The molecule has 7 heteroatoms. The topological polar surface area (TPSA) is 78.7 Å². The van der Waals surface area contributed by atoms with Gasteiger partial charge in [-0.05, 0) is 37.3 Å². The summed E-state index contributed by atoms with van der Waals surface area (Å²) in [5, 5.41) is 11.0. The van der Waals surface area contributed by atoms with Gasteiger partial charge in [-0.2, -0.15) is 0 Å². The van der Waals surface area contributed by atoms with Crippen LogP contribution in [0, 0.1) is 12.8 Å². The summed E-state index contributed by atoms with van der Waals surface area (Å²) >= 11 is 0. The van der Waals surface area contributed by atoms with Gasteiger partial charge < -0.3 is 19.5 Å². The lowest BCUT2D eigenvalue weighted by atomic mass is 9.90. The highest BCUT2D eigenvalue weighted by molar-refractivity contribution is 6.00. The number of benzene rings is 1. The summed E-state index contributed by atoms with van der Waals surface area (Å²) < 4.78 is 1.96. The van der Waals surface area contributed by atoms with Crippen LogP contribution in [0.3, 0.4) is 0 Å². The van der Waals surface area contributed by atoms with Gasteiger partial charge in [0, 0.05) is 44.1 Å². The second-order valence-electron chi connectivity index (χ2n) is 9.27. The van der Waals surface area contributed by atoms with Gasteiger partial charge in [-0.25, -0.2) is 4.98 Å². The van der Waals surface area contributed by atoms with E-state index in [0.29, 0.717) is 44.9 Å². The van der Waals surface area contributed by atoms with Gasteiger partial charge in [-0.15, -0.1) is 0 Å². The molecule has 0 aliphatic carbocycles. The highest BCUT2D eigenvalue weighted by Gasteiger charge is 2.41. The maximum atomic E-state index is 13.2. The summed E-state index contributed by atoms with van der Waals surface area (Å²) in [5.41, 5.74) is 1.21. The highest BCUT2D eigenvalue weighted by atomic mass is 16.3. The first-order chi connectivity index (χ1) is 14.8. The Bertz CT molecular complexity index is 959. The fraction of sp³-hybridized carbons (Fsp3) is 0.542. The van der Waals surface area contributed by atoms with Gasteiger partial charge in [-0.1, -0.05) is 32.0 Å². The molecule has 31 heavy (non-hydrogen) atoms. The zero-order valence-corrected chi connectivity index (χ0v) is 18.6. The molecule has 2 aliphatic rings. The third kappa shape index (κ3) is 4.37. The number of likely N-dealkylation sites (tertiary alicyclic amines) is 1. The molecule has 1 aromatic carbocycles. The van der Waals surface area contributed by atoms with E-state index in [4.69, 9.17) is 0 Å². The lowest BCUT2D eigenvalue weighted by molar-refractivity contribution is -0.140. The van der Waals surface area contributed by atoms with Crippen LogP contribution in [0.25, 0.3) is 0 Å². The van der Waals surface area contributed by atoms with Crippen molar-refractivity contribution < 1.29 is 14.7 Å². The van der Waals surface area contributed by atoms with Crippen LogP contribution in [0.2, 0.25) is 0 Å². The number of aliphatic hydroxyl groups is 1. The second-order valence-corrected chi connectivity index (χ2v) is 9.27. The number of piperidine rings is 1. The van der Waals surface area contributed by atoms with E-state index in [1.165, 1.54) is 0 Å². The summed E-state index contributed by atoms with van der Waals surface area (Å²) in [6.07, 6.45) is 4.91. The van der Waals surface area contributed by atoms with E-state index >= 15 is 0 Å². The number of rotatable bonds is 5. The molecule has 166 valence electrons. The average Bonchev–Trinajstić information content (AvgIpc) is 3.33. The molecule has 0 bridgehead atoms. The number of aromatic nitrogens is 2. The van der Waals surface area contributed by atoms with Crippen LogP contribution < -0.4 is 4.90 Å². The SMILES string of the molecule is Cc1nccn1CC1(O)CCN(C(=O)[C@@H]2CC(=O)N(c3ccccc3C(C)C)C2)CC1. The molecule has 1 aromatic heterocycles. The minimum atomic E-state index is -0.837. The third-order valence-corrected chi connectivity index (χ3v) is 6.72. The Morgan fingerprint density at radius 1 is 1.26 bits per heavy atom. The largest absolute Gasteiger partial charge is 0.388 e. The van der Waals surface area contributed by atoms with Crippen LogP contribution in [-0.2, 0) is 16.1 Å². The first kappa shape index (κ1) is 21.6. The van der Waals surface area contributed by atoms with E-state index in [1.807, 2.05) is 40.8 Å². The lowest BCUT2D eigenvalue weighted by Gasteiger charge is -2.39.